The molecule has 0 aliphatic carbocycles. The molecule has 4 aromatic rings. The van der Waals surface area contributed by atoms with Gasteiger partial charge in [0.1, 0.15) is 12.4 Å². The Morgan fingerprint density at radius 2 is 1.53 bits per heavy atom. The van der Waals surface area contributed by atoms with Gasteiger partial charge >= 0.3 is 0 Å². The molecule has 0 aromatic heterocycles. The standard InChI is InChI=1S/C24H17Br3ClNO/c25-20-9-8-18(12-23(20)28)29-13-15-10-21(26)24(22(27)11-15)30-14-17-6-3-5-16-4-1-2-7-19(16)17/h1-12,29H,13-14H2. The number of anilines is 1. The van der Waals surface area contributed by atoms with Gasteiger partial charge in [0.15, 0.2) is 0 Å². The molecule has 0 aliphatic rings. The van der Waals surface area contributed by atoms with E-state index in [0.29, 0.717) is 18.2 Å². The highest BCUT2D eigenvalue weighted by Crippen LogP contribution is 2.36. The summed E-state index contributed by atoms with van der Waals surface area (Å²) in [6, 6.07) is 24.6. The highest BCUT2D eigenvalue weighted by atomic mass is 79.9. The molecule has 0 atom stereocenters. The third-order valence-electron chi connectivity index (χ3n) is 4.73. The van der Waals surface area contributed by atoms with Gasteiger partial charge in [0.2, 0.25) is 0 Å². The van der Waals surface area contributed by atoms with Crippen LogP contribution in [0.2, 0.25) is 5.02 Å². The van der Waals surface area contributed by atoms with E-state index >= 15 is 0 Å². The van der Waals surface area contributed by atoms with Crippen LogP contribution in [0.15, 0.2) is 86.2 Å². The van der Waals surface area contributed by atoms with Crippen LogP contribution in [0, 0.1) is 0 Å². The van der Waals surface area contributed by atoms with Gasteiger partial charge in [0, 0.05) is 16.7 Å². The molecule has 0 bridgehead atoms. The predicted octanol–water partition coefficient (Wildman–Crippen LogP) is 8.97. The van der Waals surface area contributed by atoms with Crippen molar-refractivity contribution in [1.82, 2.24) is 0 Å². The summed E-state index contributed by atoms with van der Waals surface area (Å²) in [4.78, 5) is 0. The summed E-state index contributed by atoms with van der Waals surface area (Å²) in [5, 5.41) is 6.50. The number of fused-ring (bicyclic) bond motifs is 1. The second kappa shape index (κ2) is 9.73. The second-order valence-corrected chi connectivity index (χ2v) is 9.77. The maximum atomic E-state index is 6.17. The van der Waals surface area contributed by atoms with Gasteiger partial charge in [0.05, 0.1) is 14.0 Å². The Balaban J connectivity index is 1.47. The van der Waals surface area contributed by atoms with Crippen LogP contribution in [0.25, 0.3) is 10.8 Å². The van der Waals surface area contributed by atoms with E-state index in [-0.39, 0.29) is 0 Å². The molecule has 152 valence electrons. The minimum absolute atomic E-state index is 0.494. The van der Waals surface area contributed by atoms with E-state index in [4.69, 9.17) is 16.3 Å². The van der Waals surface area contributed by atoms with Crippen molar-refractivity contribution in [2.75, 3.05) is 5.32 Å². The van der Waals surface area contributed by atoms with Crippen molar-refractivity contribution in [2.45, 2.75) is 13.2 Å². The van der Waals surface area contributed by atoms with Gasteiger partial charge in [-0.05, 0) is 100 Å². The first-order valence-corrected chi connectivity index (χ1v) is 12.0. The lowest BCUT2D eigenvalue weighted by Gasteiger charge is -2.14. The van der Waals surface area contributed by atoms with Crippen molar-refractivity contribution in [3.05, 3.63) is 102 Å². The van der Waals surface area contributed by atoms with Crippen molar-refractivity contribution < 1.29 is 4.74 Å². The average molecular weight is 611 g/mol. The van der Waals surface area contributed by atoms with Crippen LogP contribution in [0.1, 0.15) is 11.1 Å². The Kier molecular flexibility index (Phi) is 7.04. The van der Waals surface area contributed by atoms with Crippen LogP contribution in [0.4, 0.5) is 5.69 Å². The number of benzene rings is 4. The SMILES string of the molecule is Clc1cc(NCc2cc(Br)c(OCc3cccc4ccccc34)c(Br)c2)ccc1Br. The largest absolute Gasteiger partial charge is 0.487 e. The van der Waals surface area contributed by atoms with Crippen molar-refractivity contribution in [3.63, 3.8) is 0 Å². The molecule has 0 radical (unpaired) electrons. The van der Waals surface area contributed by atoms with Gasteiger partial charge in [0.25, 0.3) is 0 Å². The van der Waals surface area contributed by atoms with Crippen molar-refractivity contribution in [1.29, 1.82) is 0 Å². The molecule has 0 aliphatic heterocycles. The summed E-state index contributed by atoms with van der Waals surface area (Å²) in [7, 11) is 0. The lowest BCUT2D eigenvalue weighted by Crippen LogP contribution is -2.02. The van der Waals surface area contributed by atoms with Crippen LogP contribution < -0.4 is 10.1 Å². The lowest BCUT2D eigenvalue weighted by atomic mass is 10.1. The van der Waals surface area contributed by atoms with Crippen molar-refractivity contribution >= 4 is 75.9 Å². The fraction of sp³-hybridized carbons (Fsp3) is 0.0833. The summed E-state index contributed by atoms with van der Waals surface area (Å²) >= 11 is 16.9. The predicted molar refractivity (Wildman–Crippen MR) is 137 cm³/mol. The molecular formula is C24H17Br3ClNO. The van der Waals surface area contributed by atoms with Gasteiger partial charge in [-0.2, -0.15) is 0 Å². The smallest absolute Gasteiger partial charge is 0.148 e. The van der Waals surface area contributed by atoms with E-state index in [0.717, 1.165) is 36.0 Å². The number of hydrogen-bond acceptors (Lipinski definition) is 2. The Bertz CT molecular complexity index is 1180. The third kappa shape index (κ3) is 5.02. The first-order valence-electron chi connectivity index (χ1n) is 9.27. The molecule has 4 aromatic carbocycles. The Morgan fingerprint density at radius 3 is 2.30 bits per heavy atom. The number of halogens is 4. The fourth-order valence-electron chi connectivity index (χ4n) is 3.23. The Labute approximate surface area is 206 Å². The highest BCUT2D eigenvalue weighted by Gasteiger charge is 2.11. The zero-order chi connectivity index (χ0) is 21.1. The number of hydrogen-bond donors (Lipinski definition) is 1. The molecule has 0 saturated heterocycles. The van der Waals surface area contributed by atoms with Crippen LogP contribution in [-0.4, -0.2) is 0 Å². The monoisotopic (exact) mass is 607 g/mol. The van der Waals surface area contributed by atoms with E-state index in [1.54, 1.807) is 0 Å². The summed E-state index contributed by atoms with van der Waals surface area (Å²) in [5.41, 5.74) is 3.24. The Hall–Kier alpha value is -1.53. The van der Waals surface area contributed by atoms with Crippen LogP contribution in [-0.2, 0) is 13.2 Å². The molecule has 30 heavy (non-hydrogen) atoms. The van der Waals surface area contributed by atoms with E-state index in [1.807, 2.05) is 18.2 Å². The molecule has 6 heteroatoms. The van der Waals surface area contributed by atoms with Crippen molar-refractivity contribution in [3.8, 4) is 5.75 Å². The summed E-state index contributed by atoms with van der Waals surface area (Å²) in [6.45, 7) is 1.16. The molecule has 2 nitrogen and oxygen atoms in total. The lowest BCUT2D eigenvalue weighted by molar-refractivity contribution is 0.303. The van der Waals surface area contributed by atoms with Gasteiger partial charge in [-0.3, -0.25) is 0 Å². The molecule has 0 heterocycles. The molecule has 0 unspecified atom stereocenters. The first kappa shape index (κ1) is 21.7. The normalized spacial score (nSPS) is 10.9. The van der Waals surface area contributed by atoms with Gasteiger partial charge in [-0.15, -0.1) is 0 Å². The maximum Gasteiger partial charge on any atom is 0.148 e. The molecule has 0 amide bonds. The van der Waals surface area contributed by atoms with Crippen LogP contribution >= 0.6 is 59.4 Å². The zero-order valence-electron chi connectivity index (χ0n) is 15.8. The molecule has 0 fully saturated rings. The van der Waals surface area contributed by atoms with E-state index < -0.39 is 0 Å². The number of nitrogens with one attached hydrogen (secondary N) is 1. The molecule has 1 N–H and O–H groups in total. The molecule has 4 rings (SSSR count). The van der Waals surface area contributed by atoms with Crippen LogP contribution in [0.3, 0.4) is 0 Å². The second-order valence-electron chi connectivity index (χ2n) is 6.80. The molecule has 0 saturated carbocycles. The van der Waals surface area contributed by atoms with Gasteiger partial charge < -0.3 is 10.1 Å². The van der Waals surface area contributed by atoms with Gasteiger partial charge in [-0.25, -0.2) is 0 Å². The quantitative estimate of drug-likeness (QED) is 0.235. The molecular weight excluding hydrogens is 593 g/mol. The van der Waals surface area contributed by atoms with E-state index in [2.05, 4.69) is 108 Å². The minimum atomic E-state index is 0.494. The topological polar surface area (TPSA) is 21.3 Å². The van der Waals surface area contributed by atoms with Gasteiger partial charge in [-0.1, -0.05) is 54.1 Å². The average Bonchev–Trinajstić information content (AvgIpc) is 2.74. The number of ether oxygens (including phenoxy) is 1. The van der Waals surface area contributed by atoms with Crippen LogP contribution in [0.5, 0.6) is 5.75 Å². The first-order chi connectivity index (χ1) is 14.5. The zero-order valence-corrected chi connectivity index (χ0v) is 21.3. The fourth-order valence-corrected chi connectivity index (χ4v) is 5.17. The maximum absolute atomic E-state index is 6.17. The summed E-state index contributed by atoms with van der Waals surface area (Å²) < 4.78 is 8.86. The minimum Gasteiger partial charge on any atom is -0.487 e. The molecule has 0 spiro atoms. The summed E-state index contributed by atoms with van der Waals surface area (Å²) in [6.07, 6.45) is 0. The Morgan fingerprint density at radius 1 is 0.800 bits per heavy atom. The summed E-state index contributed by atoms with van der Waals surface area (Å²) in [5.74, 6) is 0.790. The van der Waals surface area contributed by atoms with E-state index in [9.17, 15) is 0 Å². The van der Waals surface area contributed by atoms with E-state index in [1.165, 1.54) is 10.8 Å². The van der Waals surface area contributed by atoms with Crippen molar-refractivity contribution in [2.24, 2.45) is 0 Å². The number of rotatable bonds is 6. The third-order valence-corrected chi connectivity index (χ3v) is 7.14. The highest BCUT2D eigenvalue weighted by molar-refractivity contribution is 9.11.